The van der Waals surface area contributed by atoms with Gasteiger partial charge in [-0.2, -0.15) is 0 Å². The molecule has 0 saturated carbocycles. The Morgan fingerprint density at radius 2 is 1.95 bits per heavy atom. The molecule has 116 valence electrons. The molecule has 0 fully saturated rings. The van der Waals surface area contributed by atoms with Gasteiger partial charge in [0.1, 0.15) is 13.2 Å². The Hall–Kier alpha value is -2.43. The third kappa shape index (κ3) is 2.54. The molecule has 1 aliphatic rings. The molecule has 1 aliphatic heterocycles. The van der Waals surface area contributed by atoms with Crippen molar-refractivity contribution >= 4 is 5.91 Å². The van der Waals surface area contributed by atoms with Crippen molar-refractivity contribution in [3.8, 4) is 11.5 Å². The molecule has 3 rings (SSSR count). The van der Waals surface area contributed by atoms with Gasteiger partial charge in [-0.1, -0.05) is 6.07 Å². The van der Waals surface area contributed by atoms with E-state index in [1.807, 2.05) is 45.2 Å². The quantitative estimate of drug-likeness (QED) is 0.948. The molecule has 0 bridgehead atoms. The summed E-state index contributed by atoms with van der Waals surface area (Å²) in [7, 11) is 1.82. The molecule has 1 aromatic carbocycles. The number of carbonyl (C=O) groups is 1. The Balaban J connectivity index is 1.82. The van der Waals surface area contributed by atoms with Crippen LogP contribution in [0.2, 0.25) is 0 Å². The van der Waals surface area contributed by atoms with Crippen LogP contribution in [0.4, 0.5) is 0 Å². The van der Waals surface area contributed by atoms with Gasteiger partial charge in [0.25, 0.3) is 5.91 Å². The number of hydrogen-bond acceptors (Lipinski definition) is 3. The second kappa shape index (κ2) is 5.75. The Morgan fingerprint density at radius 1 is 1.23 bits per heavy atom. The van der Waals surface area contributed by atoms with Crippen molar-refractivity contribution in [2.24, 2.45) is 0 Å². The van der Waals surface area contributed by atoms with Gasteiger partial charge in [0.2, 0.25) is 0 Å². The van der Waals surface area contributed by atoms with E-state index in [1.165, 1.54) is 0 Å². The second-order valence-corrected chi connectivity index (χ2v) is 5.51. The summed E-state index contributed by atoms with van der Waals surface area (Å²) in [5.41, 5.74) is 2.60. The molecule has 5 nitrogen and oxygen atoms in total. The first-order chi connectivity index (χ1) is 10.6. The summed E-state index contributed by atoms with van der Waals surface area (Å²) < 4.78 is 11.1. The van der Waals surface area contributed by atoms with Gasteiger partial charge in [-0.3, -0.25) is 4.79 Å². The summed E-state index contributed by atoms with van der Waals surface area (Å²) in [5.74, 6) is 1.51. The van der Waals surface area contributed by atoms with Crippen LogP contribution in [0.25, 0.3) is 0 Å². The summed E-state index contributed by atoms with van der Waals surface area (Å²) in [6, 6.07) is 7.58. The van der Waals surface area contributed by atoms with Gasteiger partial charge in [-0.05, 0) is 37.6 Å². The number of aromatic amines is 1. The van der Waals surface area contributed by atoms with Gasteiger partial charge in [0.15, 0.2) is 11.5 Å². The van der Waals surface area contributed by atoms with E-state index < -0.39 is 0 Å². The van der Waals surface area contributed by atoms with Crippen molar-refractivity contribution in [3.05, 3.63) is 47.3 Å². The lowest BCUT2D eigenvalue weighted by molar-refractivity contribution is 0.0741. The van der Waals surface area contributed by atoms with Gasteiger partial charge in [-0.15, -0.1) is 0 Å². The lowest BCUT2D eigenvalue weighted by Gasteiger charge is -2.27. The highest BCUT2D eigenvalue weighted by Crippen LogP contribution is 2.34. The molecule has 1 unspecified atom stereocenters. The minimum absolute atomic E-state index is 0.00105. The predicted octanol–water partition coefficient (Wildman–Crippen LogP) is 2.93. The molecule has 1 N–H and O–H groups in total. The van der Waals surface area contributed by atoms with E-state index in [9.17, 15) is 4.79 Å². The van der Waals surface area contributed by atoms with Crippen LogP contribution in [-0.2, 0) is 0 Å². The van der Waals surface area contributed by atoms with Crippen molar-refractivity contribution in [1.29, 1.82) is 0 Å². The number of H-pyrrole nitrogens is 1. The Bertz CT molecular complexity index is 693. The summed E-state index contributed by atoms with van der Waals surface area (Å²) in [6.07, 6.45) is 1.78. The number of amides is 1. The number of fused-ring (bicyclic) bond motifs is 1. The van der Waals surface area contributed by atoms with Gasteiger partial charge < -0.3 is 19.4 Å². The fourth-order valence-corrected chi connectivity index (χ4v) is 2.59. The van der Waals surface area contributed by atoms with E-state index in [0.717, 1.165) is 22.8 Å². The van der Waals surface area contributed by atoms with Crippen LogP contribution in [0.15, 0.2) is 30.5 Å². The van der Waals surface area contributed by atoms with E-state index >= 15 is 0 Å². The van der Waals surface area contributed by atoms with Gasteiger partial charge >= 0.3 is 0 Å². The molecular weight excluding hydrogens is 280 g/mol. The van der Waals surface area contributed by atoms with Crippen molar-refractivity contribution in [3.63, 3.8) is 0 Å². The molecule has 1 amide bonds. The third-order valence-corrected chi connectivity index (χ3v) is 4.13. The highest BCUT2D eigenvalue weighted by molar-refractivity contribution is 5.95. The Labute approximate surface area is 129 Å². The van der Waals surface area contributed by atoms with E-state index in [-0.39, 0.29) is 11.9 Å². The van der Waals surface area contributed by atoms with E-state index in [4.69, 9.17) is 9.47 Å². The number of rotatable bonds is 3. The molecule has 0 radical (unpaired) electrons. The molecule has 2 aromatic rings. The first-order valence-corrected chi connectivity index (χ1v) is 7.38. The summed E-state index contributed by atoms with van der Waals surface area (Å²) in [6.45, 7) is 5.04. The van der Waals surface area contributed by atoms with Crippen LogP contribution in [0, 0.1) is 6.92 Å². The van der Waals surface area contributed by atoms with E-state index in [1.54, 1.807) is 11.1 Å². The summed E-state index contributed by atoms with van der Waals surface area (Å²) in [4.78, 5) is 17.4. The molecular formula is C17H20N2O3. The van der Waals surface area contributed by atoms with Gasteiger partial charge in [-0.25, -0.2) is 0 Å². The largest absolute Gasteiger partial charge is 0.486 e. The number of benzene rings is 1. The first-order valence-electron chi connectivity index (χ1n) is 7.38. The summed E-state index contributed by atoms with van der Waals surface area (Å²) in [5, 5.41) is 0. The highest BCUT2D eigenvalue weighted by Gasteiger charge is 2.22. The molecule has 0 aliphatic carbocycles. The highest BCUT2D eigenvalue weighted by atomic mass is 16.6. The standard InChI is InChI=1S/C17H20N2O3/c1-11-14(6-7-18-11)17(20)19(3)12(2)13-4-5-15-16(10-13)22-9-8-21-15/h4-7,10,12,18H,8-9H2,1-3H3. The van der Waals surface area contributed by atoms with Crippen LogP contribution in [-0.4, -0.2) is 36.1 Å². The average molecular weight is 300 g/mol. The number of aryl methyl sites for hydroxylation is 1. The molecule has 0 spiro atoms. The van der Waals surface area contributed by atoms with E-state index in [0.29, 0.717) is 18.8 Å². The number of aromatic nitrogens is 1. The lowest BCUT2D eigenvalue weighted by atomic mass is 10.1. The van der Waals surface area contributed by atoms with Crippen LogP contribution in [0.5, 0.6) is 11.5 Å². The maximum absolute atomic E-state index is 12.6. The normalized spacial score (nSPS) is 14.5. The third-order valence-electron chi connectivity index (χ3n) is 4.13. The maximum Gasteiger partial charge on any atom is 0.255 e. The minimum Gasteiger partial charge on any atom is -0.486 e. The topological polar surface area (TPSA) is 54.6 Å². The van der Waals surface area contributed by atoms with Gasteiger partial charge in [0.05, 0.1) is 11.6 Å². The number of nitrogens with zero attached hydrogens (tertiary/aromatic N) is 1. The van der Waals surface area contributed by atoms with Crippen molar-refractivity contribution in [2.45, 2.75) is 19.9 Å². The fourth-order valence-electron chi connectivity index (χ4n) is 2.59. The molecule has 1 aromatic heterocycles. The van der Waals surface area contributed by atoms with Crippen LogP contribution in [0.3, 0.4) is 0 Å². The summed E-state index contributed by atoms with van der Waals surface area (Å²) >= 11 is 0. The SMILES string of the molecule is Cc1[nH]ccc1C(=O)N(C)C(C)c1ccc2c(c1)OCCO2. The zero-order chi connectivity index (χ0) is 15.7. The average Bonchev–Trinajstić information content (AvgIpc) is 2.98. The number of carbonyl (C=O) groups excluding carboxylic acids is 1. The van der Waals surface area contributed by atoms with Gasteiger partial charge in [0, 0.05) is 18.9 Å². The number of ether oxygens (including phenoxy) is 2. The predicted molar refractivity (Wildman–Crippen MR) is 83.5 cm³/mol. The number of nitrogens with one attached hydrogen (secondary N) is 1. The van der Waals surface area contributed by atoms with Crippen molar-refractivity contribution < 1.29 is 14.3 Å². The van der Waals surface area contributed by atoms with Crippen LogP contribution in [0.1, 0.15) is 34.6 Å². The van der Waals surface area contributed by atoms with Crippen LogP contribution >= 0.6 is 0 Å². The molecule has 0 saturated heterocycles. The smallest absolute Gasteiger partial charge is 0.255 e. The zero-order valence-corrected chi connectivity index (χ0v) is 13.1. The number of hydrogen-bond donors (Lipinski definition) is 1. The molecule has 22 heavy (non-hydrogen) atoms. The van der Waals surface area contributed by atoms with Crippen LogP contribution < -0.4 is 9.47 Å². The molecule has 1 atom stereocenters. The minimum atomic E-state index is -0.0578. The first kappa shape index (κ1) is 14.5. The monoisotopic (exact) mass is 300 g/mol. The Morgan fingerprint density at radius 3 is 2.64 bits per heavy atom. The van der Waals surface area contributed by atoms with Crippen molar-refractivity contribution in [1.82, 2.24) is 9.88 Å². The maximum atomic E-state index is 12.6. The van der Waals surface area contributed by atoms with E-state index in [2.05, 4.69) is 4.98 Å². The zero-order valence-electron chi connectivity index (χ0n) is 13.1. The van der Waals surface area contributed by atoms with Crippen molar-refractivity contribution in [2.75, 3.05) is 20.3 Å². The second-order valence-electron chi connectivity index (χ2n) is 5.51. The fraction of sp³-hybridized carbons (Fsp3) is 0.353. The Kier molecular flexibility index (Phi) is 3.79. The molecule has 2 heterocycles. The molecule has 5 heteroatoms. The lowest BCUT2D eigenvalue weighted by Crippen LogP contribution is -2.30.